The van der Waals surface area contributed by atoms with Crippen molar-refractivity contribution in [3.05, 3.63) is 11.4 Å². The Kier molecular flexibility index (Phi) is 84.6. The molecule has 696 valence electrons. The number of carbonyl (C=O) groups is 4. The van der Waals surface area contributed by atoms with Gasteiger partial charge in [0.05, 0.1) is 324 Å². The number of ketones is 3. The van der Waals surface area contributed by atoms with Crippen molar-refractivity contribution in [2.45, 2.75) is 135 Å². The average molecular weight is 1710 g/mol. The molecule has 1 unspecified atom stereocenters. The van der Waals surface area contributed by atoms with Gasteiger partial charge >= 0.3 is 0 Å². The smallest absolute Gasteiger partial charge is 0.232 e. The highest BCUT2D eigenvalue weighted by atomic mass is 16.7. The van der Waals surface area contributed by atoms with Crippen LogP contribution >= 0.6 is 0 Å². The number of unbranched alkanes of at least 4 members (excludes halogenated alkanes) is 3. The second-order valence-electron chi connectivity index (χ2n) is 27.2. The molecule has 1 aliphatic heterocycles. The first-order valence-electron chi connectivity index (χ1n) is 42.3. The summed E-state index contributed by atoms with van der Waals surface area (Å²) in [5, 5.41) is 32.4. The van der Waals surface area contributed by atoms with Crippen LogP contribution in [0.25, 0.3) is 4.85 Å². The van der Waals surface area contributed by atoms with E-state index in [-0.39, 0.29) is 49.7 Å². The van der Waals surface area contributed by atoms with E-state index in [0.717, 1.165) is 12.8 Å². The zero-order valence-electron chi connectivity index (χ0n) is 71.8. The highest BCUT2D eigenvalue weighted by molar-refractivity contribution is 5.80. The molecular weight excluding hydrogens is 1560 g/mol. The maximum Gasteiger partial charge on any atom is 0.232 e. The zero-order chi connectivity index (χ0) is 85.4. The van der Waals surface area contributed by atoms with Gasteiger partial charge in [-0.25, -0.2) is 6.57 Å². The van der Waals surface area contributed by atoms with Crippen molar-refractivity contribution in [2.75, 3.05) is 357 Å². The second-order valence-corrected chi connectivity index (χ2v) is 27.2. The van der Waals surface area contributed by atoms with Crippen molar-refractivity contribution in [3.63, 3.8) is 0 Å². The van der Waals surface area contributed by atoms with Crippen molar-refractivity contribution in [1.82, 2.24) is 5.32 Å². The van der Waals surface area contributed by atoms with Gasteiger partial charge in [-0.15, -0.1) is 0 Å². The van der Waals surface area contributed by atoms with Gasteiger partial charge < -0.3 is 158 Å². The molecule has 0 aromatic rings. The van der Waals surface area contributed by atoms with Crippen LogP contribution < -0.4 is 5.32 Å². The lowest BCUT2D eigenvalue weighted by atomic mass is 9.84. The van der Waals surface area contributed by atoms with Crippen LogP contribution in [0.4, 0.5) is 0 Å². The molecule has 0 aliphatic carbocycles. The number of nitrogens with zero attached hydrogens (tertiary/aromatic N) is 1. The van der Waals surface area contributed by atoms with E-state index in [2.05, 4.69) is 10.2 Å². The summed E-state index contributed by atoms with van der Waals surface area (Å²) in [6.07, 6.45) is 1.56. The molecule has 0 radical (unpaired) electrons. The summed E-state index contributed by atoms with van der Waals surface area (Å²) in [4.78, 5) is 51.8. The number of aliphatic hydroxyl groups is 3. The zero-order valence-corrected chi connectivity index (χ0v) is 71.8. The topological polar surface area (TPSA) is 404 Å². The number of Topliss-reactive ketones (excluding diaryl/α,β-unsaturated/α-hetero) is 3. The summed E-state index contributed by atoms with van der Waals surface area (Å²) in [6, 6.07) is -0.979. The molecule has 0 bridgehead atoms. The highest BCUT2D eigenvalue weighted by Crippen LogP contribution is 2.28. The lowest BCUT2D eigenvalue weighted by Gasteiger charge is -2.42. The third kappa shape index (κ3) is 76.4. The van der Waals surface area contributed by atoms with Gasteiger partial charge in [0.15, 0.2) is 17.9 Å². The molecule has 0 aromatic heterocycles. The number of ether oxygens (including phenoxy) is 28. The van der Waals surface area contributed by atoms with E-state index in [1.54, 1.807) is 0 Å². The van der Waals surface area contributed by atoms with E-state index in [4.69, 9.17) is 139 Å². The van der Waals surface area contributed by atoms with Gasteiger partial charge in [0.1, 0.15) is 43.4 Å². The van der Waals surface area contributed by atoms with E-state index in [9.17, 15) is 34.5 Å². The standard InChI is InChI=1S/C81H152N2O35/c1-71(2)81(4,82-5)16-15-73(86)13-10-17-91-20-21-93-22-23-94-24-25-95-26-27-96-28-29-97-30-31-98-32-33-99-34-35-100-36-37-101-38-39-102-40-41-103-42-43-104-44-45-105-46-47-106-48-49-107-50-51-108-52-53-109-54-55-110-56-57-111-58-59-112-60-61-113-62-63-114-65-67-116-70-75(88)14-11-18-92-64-66-115-69-74(87)12-8-6-7-9-19-117-80-77(83-72(3)85)79(90)78(89)76(68-84)118-80/h71,76-80,84,89-90H,6-70H2,1-4H3,(H,83,85)/t76-,77-,78+,79-,80-,81?/m1/s1. The molecule has 0 aromatic carbocycles. The van der Waals surface area contributed by atoms with Gasteiger partial charge in [-0.1, -0.05) is 26.7 Å². The van der Waals surface area contributed by atoms with Crippen LogP contribution in [0, 0.1) is 12.5 Å². The molecule has 1 rings (SSSR count). The molecular formula is C81H152N2O35. The fourth-order valence-corrected chi connectivity index (χ4v) is 10.1. The number of nitrogens with one attached hydrogen (secondary N) is 1. The fourth-order valence-electron chi connectivity index (χ4n) is 10.1. The SMILES string of the molecule is [C-]#[N+]C(C)(CCC(=O)CCCOCCOCCOCCOCCOCCOCCOCCOCCOCCOCCOCCOCCOCCOCCOCCOCCOCCOCCOCCOCCOCCOCCOCCOCC(=O)CCCOCCOCC(=O)CCCCCCO[C@@H]1O[C@H](CO)[C@H](O)[C@H](O)[C@H]1NC(C)=O)C(C)C. The molecule has 1 saturated heterocycles. The van der Waals surface area contributed by atoms with E-state index in [1.807, 2.05) is 20.8 Å². The van der Waals surface area contributed by atoms with Gasteiger partial charge in [0.2, 0.25) is 11.4 Å². The largest absolute Gasteiger partial charge is 0.394 e. The lowest BCUT2D eigenvalue weighted by molar-refractivity contribution is -0.270. The minimum Gasteiger partial charge on any atom is -0.394 e. The van der Waals surface area contributed by atoms with Crippen LogP contribution in [-0.4, -0.2) is 432 Å². The lowest BCUT2D eigenvalue weighted by Crippen LogP contribution is -2.64. The Morgan fingerprint density at radius 2 is 0.568 bits per heavy atom. The molecule has 37 heteroatoms. The van der Waals surface area contributed by atoms with Gasteiger partial charge in [0.25, 0.3) is 0 Å². The summed E-state index contributed by atoms with van der Waals surface area (Å²) < 4.78 is 155. The number of amides is 1. The Labute approximate surface area is 701 Å². The predicted molar refractivity (Wildman–Crippen MR) is 428 cm³/mol. The molecule has 1 amide bonds. The highest BCUT2D eigenvalue weighted by Gasteiger charge is 2.45. The van der Waals surface area contributed by atoms with Gasteiger partial charge in [-0.2, -0.15) is 0 Å². The van der Waals surface area contributed by atoms with Gasteiger partial charge in [-0.3, -0.25) is 19.2 Å². The first-order valence-corrected chi connectivity index (χ1v) is 42.3. The van der Waals surface area contributed by atoms with Crippen molar-refractivity contribution < 1.29 is 167 Å². The molecule has 6 atom stereocenters. The Bertz CT molecular complexity index is 2220. The van der Waals surface area contributed by atoms with Crippen molar-refractivity contribution in [1.29, 1.82) is 0 Å². The summed E-state index contributed by atoms with van der Waals surface area (Å²) in [5.41, 5.74) is -0.476. The number of hydrogen-bond donors (Lipinski definition) is 4. The summed E-state index contributed by atoms with van der Waals surface area (Å²) in [7, 11) is 0. The average Bonchev–Trinajstić information content (AvgIpc) is 0.809. The monoisotopic (exact) mass is 1710 g/mol. The molecule has 118 heavy (non-hydrogen) atoms. The first kappa shape index (κ1) is 113. The van der Waals surface area contributed by atoms with Crippen LogP contribution in [0.3, 0.4) is 0 Å². The number of aliphatic hydroxyl groups excluding tert-OH is 3. The van der Waals surface area contributed by atoms with Crippen molar-refractivity contribution in [2.24, 2.45) is 5.92 Å². The molecule has 37 nitrogen and oxygen atoms in total. The fraction of sp³-hybridized carbons (Fsp3) is 0.938. The number of carbonyl (C=O) groups excluding carboxylic acids is 4. The van der Waals surface area contributed by atoms with E-state index in [0.29, 0.717) is 382 Å². The molecule has 1 fully saturated rings. The maximum atomic E-state index is 12.2. The molecule has 0 saturated carbocycles. The summed E-state index contributed by atoms with van der Waals surface area (Å²) in [5.74, 6) is -0.0503. The number of rotatable bonds is 98. The van der Waals surface area contributed by atoms with E-state index < -0.39 is 48.7 Å². The minimum absolute atomic E-state index is 0.00121. The van der Waals surface area contributed by atoms with Crippen LogP contribution in [0.5, 0.6) is 0 Å². The third-order valence-electron chi connectivity index (χ3n) is 17.2. The van der Waals surface area contributed by atoms with Crippen molar-refractivity contribution >= 4 is 23.3 Å². The Balaban J connectivity index is 1.64. The van der Waals surface area contributed by atoms with Crippen molar-refractivity contribution in [3.8, 4) is 0 Å². The molecule has 1 heterocycles. The maximum absolute atomic E-state index is 12.2. The van der Waals surface area contributed by atoms with E-state index >= 15 is 0 Å². The minimum atomic E-state index is -1.37. The van der Waals surface area contributed by atoms with Crippen LogP contribution in [0.15, 0.2) is 0 Å². The van der Waals surface area contributed by atoms with Gasteiger partial charge in [0, 0.05) is 71.7 Å². The Hall–Kier alpha value is -3.27. The summed E-state index contributed by atoms with van der Waals surface area (Å²) in [6.45, 7) is 36.8. The van der Waals surface area contributed by atoms with Crippen LogP contribution in [0.2, 0.25) is 0 Å². The predicted octanol–water partition coefficient (Wildman–Crippen LogP) is 2.71. The van der Waals surface area contributed by atoms with Crippen LogP contribution in [-0.2, 0) is 152 Å². The molecule has 4 N–H and O–H groups in total. The Morgan fingerprint density at radius 3 is 0.814 bits per heavy atom. The Morgan fingerprint density at radius 1 is 0.331 bits per heavy atom. The van der Waals surface area contributed by atoms with Gasteiger partial charge in [-0.05, 0) is 25.7 Å². The third-order valence-corrected chi connectivity index (χ3v) is 17.2. The summed E-state index contributed by atoms with van der Waals surface area (Å²) >= 11 is 0. The quantitative estimate of drug-likeness (QED) is 0.0502. The molecule has 1 aliphatic rings. The number of hydrogen-bond acceptors (Lipinski definition) is 35. The van der Waals surface area contributed by atoms with Crippen LogP contribution in [0.1, 0.15) is 98.3 Å². The van der Waals surface area contributed by atoms with E-state index in [1.165, 1.54) is 6.92 Å². The first-order chi connectivity index (χ1) is 57.8. The molecule has 0 spiro atoms. The normalized spacial score (nSPS) is 16.1. The second kappa shape index (κ2) is 88.6.